The number of amides is 1. The summed E-state index contributed by atoms with van der Waals surface area (Å²) in [5.74, 6) is 0.372. The zero-order valence-electron chi connectivity index (χ0n) is 10.7. The van der Waals surface area contributed by atoms with E-state index in [1.54, 1.807) is 30.1 Å². The molecular weight excluding hydrogens is 251 g/mol. The number of carbonyl (C=O) groups is 1. The first-order chi connectivity index (χ1) is 8.56. The molecule has 1 amide bonds. The highest BCUT2D eigenvalue weighted by Crippen LogP contribution is 2.21. The maximum absolute atomic E-state index is 13.3. The molecule has 0 aromatic heterocycles. The van der Waals surface area contributed by atoms with Crippen LogP contribution in [0.5, 0.6) is 0 Å². The van der Waals surface area contributed by atoms with Crippen molar-refractivity contribution in [2.45, 2.75) is 24.3 Å². The Morgan fingerprint density at radius 3 is 2.78 bits per heavy atom. The molecule has 1 rings (SSSR count). The number of nitrogens with zero attached hydrogens (tertiary/aromatic N) is 1. The van der Waals surface area contributed by atoms with Crippen molar-refractivity contribution in [2.75, 3.05) is 19.3 Å². The third-order valence-electron chi connectivity index (χ3n) is 2.81. The fraction of sp³-hybridized carbons (Fsp3) is 0.462. The average molecular weight is 270 g/mol. The van der Waals surface area contributed by atoms with Gasteiger partial charge < -0.3 is 10.6 Å². The topological polar surface area (TPSA) is 46.3 Å². The Bertz CT molecular complexity index is 400. The van der Waals surface area contributed by atoms with Gasteiger partial charge in [-0.2, -0.15) is 0 Å². The van der Waals surface area contributed by atoms with Crippen LogP contribution in [0.4, 0.5) is 4.39 Å². The van der Waals surface area contributed by atoms with Gasteiger partial charge in [-0.25, -0.2) is 4.39 Å². The molecule has 0 heterocycles. The van der Waals surface area contributed by atoms with Gasteiger partial charge in [0.1, 0.15) is 5.82 Å². The summed E-state index contributed by atoms with van der Waals surface area (Å²) in [4.78, 5) is 14.0. The van der Waals surface area contributed by atoms with Crippen LogP contribution >= 0.6 is 11.8 Å². The third kappa shape index (κ3) is 4.31. The van der Waals surface area contributed by atoms with Crippen molar-refractivity contribution in [3.8, 4) is 0 Å². The van der Waals surface area contributed by atoms with E-state index < -0.39 is 0 Å². The Kier molecular flexibility index (Phi) is 6.15. The minimum atomic E-state index is -0.237. The minimum absolute atomic E-state index is 0.0379. The van der Waals surface area contributed by atoms with Gasteiger partial charge in [-0.3, -0.25) is 4.79 Å². The van der Waals surface area contributed by atoms with E-state index in [9.17, 15) is 9.18 Å². The Hall–Kier alpha value is -1.07. The molecule has 0 bridgehead atoms. The second-order valence-corrected chi connectivity index (χ2v) is 5.26. The van der Waals surface area contributed by atoms with Crippen LogP contribution < -0.4 is 5.73 Å². The molecule has 0 aliphatic rings. The summed E-state index contributed by atoms with van der Waals surface area (Å²) < 4.78 is 13.3. The molecule has 1 aromatic rings. The maximum Gasteiger partial charge on any atom is 0.223 e. The second-order valence-electron chi connectivity index (χ2n) is 4.12. The van der Waals surface area contributed by atoms with Gasteiger partial charge in [0.2, 0.25) is 5.91 Å². The van der Waals surface area contributed by atoms with E-state index in [0.29, 0.717) is 23.6 Å². The molecule has 1 unspecified atom stereocenters. The van der Waals surface area contributed by atoms with E-state index in [2.05, 4.69) is 0 Å². The van der Waals surface area contributed by atoms with E-state index >= 15 is 0 Å². The molecule has 100 valence electrons. The number of hydrogen-bond donors (Lipinski definition) is 1. The summed E-state index contributed by atoms with van der Waals surface area (Å²) in [5.41, 5.74) is 5.50. The first-order valence-corrected chi connectivity index (χ1v) is 6.88. The molecule has 0 aliphatic heterocycles. The lowest BCUT2D eigenvalue weighted by molar-refractivity contribution is -0.131. The Labute approximate surface area is 112 Å². The number of hydrogen-bond acceptors (Lipinski definition) is 3. The zero-order chi connectivity index (χ0) is 13.5. The van der Waals surface area contributed by atoms with Crippen molar-refractivity contribution in [1.29, 1.82) is 0 Å². The van der Waals surface area contributed by atoms with Gasteiger partial charge in [-0.05, 0) is 19.1 Å². The standard InChI is InChI=1S/C13H19FN2OS/c1-10(9-15)16(2)13(17)7-8-18-12-6-4-3-5-11(12)14/h3-6,10H,7-9,15H2,1-2H3. The highest BCUT2D eigenvalue weighted by Gasteiger charge is 2.14. The highest BCUT2D eigenvalue weighted by molar-refractivity contribution is 7.99. The molecule has 0 spiro atoms. The molecule has 3 nitrogen and oxygen atoms in total. The second kappa shape index (κ2) is 7.38. The predicted molar refractivity (Wildman–Crippen MR) is 73.0 cm³/mol. The van der Waals surface area contributed by atoms with Crippen molar-refractivity contribution >= 4 is 17.7 Å². The summed E-state index contributed by atoms with van der Waals surface area (Å²) in [6.45, 7) is 2.35. The van der Waals surface area contributed by atoms with Gasteiger partial charge in [0, 0.05) is 36.7 Å². The zero-order valence-corrected chi connectivity index (χ0v) is 11.5. The van der Waals surface area contributed by atoms with Crippen LogP contribution in [0.15, 0.2) is 29.2 Å². The van der Waals surface area contributed by atoms with Crippen molar-refractivity contribution in [1.82, 2.24) is 4.90 Å². The van der Waals surface area contributed by atoms with Crippen LogP contribution in [0, 0.1) is 5.82 Å². The smallest absolute Gasteiger partial charge is 0.223 e. The molecular formula is C13H19FN2OS. The summed E-state index contributed by atoms with van der Waals surface area (Å²) in [5, 5.41) is 0. The lowest BCUT2D eigenvalue weighted by Crippen LogP contribution is -2.39. The quantitative estimate of drug-likeness (QED) is 0.805. The Morgan fingerprint density at radius 2 is 2.17 bits per heavy atom. The molecule has 1 aromatic carbocycles. The van der Waals surface area contributed by atoms with Crippen LogP contribution in [-0.2, 0) is 4.79 Å². The van der Waals surface area contributed by atoms with Gasteiger partial charge in [-0.15, -0.1) is 11.8 Å². The number of halogens is 1. The lowest BCUT2D eigenvalue weighted by Gasteiger charge is -2.23. The normalized spacial score (nSPS) is 12.2. The molecule has 5 heteroatoms. The Balaban J connectivity index is 2.38. The van der Waals surface area contributed by atoms with Crippen LogP contribution in [0.1, 0.15) is 13.3 Å². The summed E-state index contributed by atoms with van der Waals surface area (Å²) in [6.07, 6.45) is 0.389. The van der Waals surface area contributed by atoms with Gasteiger partial charge in [0.15, 0.2) is 0 Å². The van der Waals surface area contributed by atoms with Gasteiger partial charge >= 0.3 is 0 Å². The van der Waals surface area contributed by atoms with Gasteiger partial charge in [0.05, 0.1) is 0 Å². The number of benzene rings is 1. The van der Waals surface area contributed by atoms with Crippen LogP contribution in [-0.4, -0.2) is 36.2 Å². The monoisotopic (exact) mass is 270 g/mol. The van der Waals surface area contributed by atoms with Crippen molar-refractivity contribution in [3.05, 3.63) is 30.1 Å². The van der Waals surface area contributed by atoms with Crippen LogP contribution in [0.25, 0.3) is 0 Å². The van der Waals surface area contributed by atoms with Crippen molar-refractivity contribution < 1.29 is 9.18 Å². The highest BCUT2D eigenvalue weighted by atomic mass is 32.2. The average Bonchev–Trinajstić information content (AvgIpc) is 2.39. The van der Waals surface area contributed by atoms with Crippen LogP contribution in [0.3, 0.4) is 0 Å². The number of nitrogens with two attached hydrogens (primary N) is 1. The first kappa shape index (κ1) is 15.0. The van der Waals surface area contributed by atoms with E-state index in [1.165, 1.54) is 17.8 Å². The maximum atomic E-state index is 13.3. The molecule has 0 saturated carbocycles. The van der Waals surface area contributed by atoms with Crippen molar-refractivity contribution in [2.24, 2.45) is 5.73 Å². The number of carbonyl (C=O) groups excluding carboxylic acids is 1. The number of likely N-dealkylation sites (N-methyl/N-ethyl adjacent to an activating group) is 1. The summed E-state index contributed by atoms with van der Waals surface area (Å²) in [7, 11) is 1.74. The molecule has 0 fully saturated rings. The fourth-order valence-electron chi connectivity index (χ4n) is 1.39. The SMILES string of the molecule is CC(CN)N(C)C(=O)CCSc1ccccc1F. The number of rotatable bonds is 6. The molecule has 18 heavy (non-hydrogen) atoms. The first-order valence-electron chi connectivity index (χ1n) is 5.89. The molecule has 1 atom stereocenters. The fourth-order valence-corrected chi connectivity index (χ4v) is 2.27. The van der Waals surface area contributed by atoms with Gasteiger partial charge in [0.25, 0.3) is 0 Å². The van der Waals surface area contributed by atoms with E-state index in [4.69, 9.17) is 5.73 Å². The molecule has 0 radical (unpaired) electrons. The minimum Gasteiger partial charge on any atom is -0.342 e. The van der Waals surface area contributed by atoms with Gasteiger partial charge in [-0.1, -0.05) is 12.1 Å². The lowest BCUT2D eigenvalue weighted by atomic mass is 10.3. The van der Waals surface area contributed by atoms with E-state index in [-0.39, 0.29) is 17.8 Å². The number of thioether (sulfide) groups is 1. The third-order valence-corrected chi connectivity index (χ3v) is 3.86. The predicted octanol–water partition coefficient (Wildman–Crippen LogP) is 2.11. The molecule has 0 saturated heterocycles. The van der Waals surface area contributed by atoms with Crippen LogP contribution in [0.2, 0.25) is 0 Å². The van der Waals surface area contributed by atoms with E-state index in [1.807, 2.05) is 6.92 Å². The van der Waals surface area contributed by atoms with E-state index in [0.717, 1.165) is 0 Å². The largest absolute Gasteiger partial charge is 0.342 e. The molecule has 0 aliphatic carbocycles. The van der Waals surface area contributed by atoms with Crippen molar-refractivity contribution in [3.63, 3.8) is 0 Å². The summed E-state index contributed by atoms with van der Waals surface area (Å²) in [6, 6.07) is 6.62. The molecule has 2 N–H and O–H groups in total. The Morgan fingerprint density at radius 1 is 1.50 bits per heavy atom. The summed E-state index contributed by atoms with van der Waals surface area (Å²) >= 11 is 1.36.